The molecular weight excluding hydrogens is 470 g/mol. The number of rotatable bonds is 7. The molecule has 0 spiro atoms. The predicted molar refractivity (Wildman–Crippen MR) is 130 cm³/mol. The molecule has 0 atom stereocenters. The fourth-order valence-corrected chi connectivity index (χ4v) is 4.01. The van der Waals surface area contributed by atoms with Crippen LogP contribution in [0.5, 0.6) is 11.5 Å². The van der Waals surface area contributed by atoms with Gasteiger partial charge in [-0.05, 0) is 35.9 Å². The summed E-state index contributed by atoms with van der Waals surface area (Å²) in [5, 5.41) is 21.2. The zero-order valence-electron chi connectivity index (χ0n) is 18.8. The number of nitrogens with zero attached hydrogens (tertiary/aromatic N) is 4. The van der Waals surface area contributed by atoms with Crippen LogP contribution in [0.25, 0.3) is 6.08 Å². The van der Waals surface area contributed by atoms with Crippen LogP contribution in [-0.2, 0) is 9.53 Å². The second-order valence-electron chi connectivity index (χ2n) is 7.28. The standard InChI is InChI=1S/C24H21N5O5S/c1-32-20-14-16(7-8-19(20)34-22(31)17-5-3-2-4-6-17)13-18(15-25)21(30)26-23-27-28-24(35-23)29-9-11-33-12-10-29/h2-8,13-14H,9-12H2,1H3,(H,26,27,30)/b18-13-. The first-order valence-corrected chi connectivity index (χ1v) is 11.4. The van der Waals surface area contributed by atoms with E-state index in [4.69, 9.17) is 14.2 Å². The van der Waals surface area contributed by atoms with Crippen LogP contribution in [0.1, 0.15) is 15.9 Å². The van der Waals surface area contributed by atoms with Gasteiger partial charge in [0.15, 0.2) is 11.5 Å². The number of nitriles is 1. The number of methoxy groups -OCH3 is 1. The quantitative estimate of drug-likeness (QED) is 0.229. The maximum atomic E-state index is 12.7. The van der Waals surface area contributed by atoms with Crippen LogP contribution in [0, 0.1) is 11.3 Å². The minimum absolute atomic E-state index is 0.135. The minimum atomic E-state index is -0.615. The molecule has 0 aliphatic carbocycles. The van der Waals surface area contributed by atoms with E-state index in [9.17, 15) is 14.9 Å². The number of hydrogen-bond donors (Lipinski definition) is 1. The molecule has 10 nitrogen and oxygen atoms in total. The zero-order valence-corrected chi connectivity index (χ0v) is 19.6. The predicted octanol–water partition coefficient (Wildman–Crippen LogP) is 3.15. The van der Waals surface area contributed by atoms with Crippen molar-refractivity contribution in [2.24, 2.45) is 0 Å². The third kappa shape index (κ3) is 6.00. The second kappa shape index (κ2) is 11.2. The van der Waals surface area contributed by atoms with E-state index in [1.807, 2.05) is 11.0 Å². The summed E-state index contributed by atoms with van der Waals surface area (Å²) in [6.07, 6.45) is 1.41. The molecule has 2 heterocycles. The van der Waals surface area contributed by atoms with Crippen LogP contribution >= 0.6 is 11.3 Å². The van der Waals surface area contributed by atoms with Gasteiger partial charge < -0.3 is 19.1 Å². The Hall–Kier alpha value is -4.27. The van der Waals surface area contributed by atoms with Crippen LogP contribution < -0.4 is 19.7 Å². The smallest absolute Gasteiger partial charge is 0.343 e. The minimum Gasteiger partial charge on any atom is -0.493 e. The highest BCUT2D eigenvalue weighted by Gasteiger charge is 2.18. The van der Waals surface area contributed by atoms with Crippen molar-refractivity contribution in [3.05, 3.63) is 65.2 Å². The lowest BCUT2D eigenvalue weighted by molar-refractivity contribution is -0.112. The van der Waals surface area contributed by atoms with Crippen molar-refractivity contribution >= 4 is 39.6 Å². The van der Waals surface area contributed by atoms with Gasteiger partial charge in [-0.15, -0.1) is 10.2 Å². The molecule has 2 aromatic carbocycles. The van der Waals surface area contributed by atoms with E-state index in [1.54, 1.807) is 42.5 Å². The number of carbonyl (C=O) groups excluding carboxylic acids is 2. The maximum absolute atomic E-state index is 12.7. The number of nitrogens with one attached hydrogen (secondary N) is 1. The zero-order chi connectivity index (χ0) is 24.6. The molecule has 0 bridgehead atoms. The van der Waals surface area contributed by atoms with Gasteiger partial charge in [-0.3, -0.25) is 10.1 Å². The SMILES string of the molecule is COc1cc(/C=C(/C#N)C(=O)Nc2nnc(N3CCOCC3)s2)ccc1OC(=O)c1ccccc1. The number of carbonyl (C=O) groups is 2. The largest absolute Gasteiger partial charge is 0.493 e. The van der Waals surface area contributed by atoms with E-state index in [-0.39, 0.29) is 17.1 Å². The van der Waals surface area contributed by atoms with Gasteiger partial charge in [-0.25, -0.2) is 4.79 Å². The molecule has 178 valence electrons. The number of ether oxygens (including phenoxy) is 3. The van der Waals surface area contributed by atoms with Gasteiger partial charge in [0.25, 0.3) is 5.91 Å². The number of benzene rings is 2. The number of esters is 1. The normalized spacial score (nSPS) is 13.6. The van der Waals surface area contributed by atoms with Crippen molar-refractivity contribution in [3.63, 3.8) is 0 Å². The first-order chi connectivity index (χ1) is 17.1. The fraction of sp³-hybridized carbons (Fsp3) is 0.208. The van der Waals surface area contributed by atoms with Crippen LogP contribution in [0.2, 0.25) is 0 Å². The molecule has 1 aliphatic rings. The fourth-order valence-electron chi connectivity index (χ4n) is 3.22. The number of morpholine rings is 1. The summed E-state index contributed by atoms with van der Waals surface area (Å²) in [5.41, 5.74) is 0.777. The van der Waals surface area contributed by atoms with E-state index >= 15 is 0 Å². The highest BCUT2D eigenvalue weighted by Crippen LogP contribution is 2.30. The molecule has 1 saturated heterocycles. The summed E-state index contributed by atoms with van der Waals surface area (Å²) in [6.45, 7) is 2.61. The van der Waals surface area contributed by atoms with Crippen molar-refractivity contribution in [1.29, 1.82) is 5.26 Å². The maximum Gasteiger partial charge on any atom is 0.343 e. The van der Waals surface area contributed by atoms with Crippen LogP contribution in [0.4, 0.5) is 10.3 Å². The summed E-state index contributed by atoms with van der Waals surface area (Å²) in [7, 11) is 1.43. The van der Waals surface area contributed by atoms with Gasteiger partial charge in [0.1, 0.15) is 11.6 Å². The molecule has 35 heavy (non-hydrogen) atoms. The Labute approximate surface area is 205 Å². The first-order valence-electron chi connectivity index (χ1n) is 10.6. The lowest BCUT2D eigenvalue weighted by Gasteiger charge is -2.25. The highest BCUT2D eigenvalue weighted by molar-refractivity contribution is 7.19. The summed E-state index contributed by atoms with van der Waals surface area (Å²) in [4.78, 5) is 27.0. The average Bonchev–Trinajstić information content (AvgIpc) is 3.37. The number of anilines is 2. The molecule has 0 radical (unpaired) electrons. The molecular formula is C24H21N5O5S. The van der Waals surface area contributed by atoms with Crippen molar-refractivity contribution in [3.8, 4) is 17.6 Å². The van der Waals surface area contributed by atoms with E-state index in [2.05, 4.69) is 15.5 Å². The van der Waals surface area contributed by atoms with Gasteiger partial charge in [0.05, 0.1) is 25.9 Å². The lowest BCUT2D eigenvalue weighted by Crippen LogP contribution is -2.36. The monoisotopic (exact) mass is 491 g/mol. The Bertz CT molecular complexity index is 1280. The molecule has 4 rings (SSSR count). The molecule has 11 heteroatoms. The molecule has 3 aromatic rings. The molecule has 0 unspecified atom stereocenters. The molecule has 1 aliphatic heterocycles. The van der Waals surface area contributed by atoms with Crippen LogP contribution in [0.3, 0.4) is 0 Å². The van der Waals surface area contributed by atoms with Gasteiger partial charge in [-0.2, -0.15) is 5.26 Å². The summed E-state index contributed by atoms with van der Waals surface area (Å²) in [5.74, 6) is -0.653. The molecule has 1 N–H and O–H groups in total. The molecule has 1 aromatic heterocycles. The number of hydrogen-bond acceptors (Lipinski definition) is 10. The lowest BCUT2D eigenvalue weighted by atomic mass is 10.1. The highest BCUT2D eigenvalue weighted by atomic mass is 32.1. The van der Waals surface area contributed by atoms with E-state index in [0.717, 1.165) is 0 Å². The van der Waals surface area contributed by atoms with Crippen molar-refractivity contribution in [1.82, 2.24) is 10.2 Å². The number of aromatic nitrogens is 2. The third-order valence-electron chi connectivity index (χ3n) is 4.99. The van der Waals surface area contributed by atoms with Crippen LogP contribution in [-0.4, -0.2) is 55.5 Å². The Morgan fingerprint density at radius 1 is 1.14 bits per heavy atom. The van der Waals surface area contributed by atoms with Crippen LogP contribution in [0.15, 0.2) is 54.1 Å². The van der Waals surface area contributed by atoms with Gasteiger partial charge in [-0.1, -0.05) is 35.6 Å². The van der Waals surface area contributed by atoms with Gasteiger partial charge in [0, 0.05) is 13.1 Å². The molecule has 0 saturated carbocycles. The van der Waals surface area contributed by atoms with E-state index in [1.165, 1.54) is 30.6 Å². The Morgan fingerprint density at radius 3 is 2.63 bits per heavy atom. The Kier molecular flexibility index (Phi) is 7.67. The third-order valence-corrected chi connectivity index (χ3v) is 5.89. The van der Waals surface area contributed by atoms with E-state index in [0.29, 0.717) is 47.7 Å². The van der Waals surface area contributed by atoms with Crippen molar-refractivity contribution in [2.45, 2.75) is 0 Å². The Balaban J connectivity index is 1.46. The van der Waals surface area contributed by atoms with E-state index < -0.39 is 11.9 Å². The average molecular weight is 492 g/mol. The van der Waals surface area contributed by atoms with Gasteiger partial charge in [0.2, 0.25) is 10.3 Å². The molecule has 1 amide bonds. The van der Waals surface area contributed by atoms with Crippen molar-refractivity contribution < 1.29 is 23.8 Å². The Morgan fingerprint density at radius 2 is 1.91 bits per heavy atom. The van der Waals surface area contributed by atoms with Crippen molar-refractivity contribution in [2.75, 3.05) is 43.6 Å². The second-order valence-corrected chi connectivity index (χ2v) is 8.23. The first kappa shape index (κ1) is 23.9. The number of amides is 1. The summed E-state index contributed by atoms with van der Waals surface area (Å²) in [6, 6.07) is 15.2. The summed E-state index contributed by atoms with van der Waals surface area (Å²) >= 11 is 1.22. The van der Waals surface area contributed by atoms with Gasteiger partial charge >= 0.3 is 5.97 Å². The molecule has 1 fully saturated rings. The summed E-state index contributed by atoms with van der Waals surface area (Å²) < 4.78 is 16.1. The topological polar surface area (TPSA) is 127 Å².